The van der Waals surface area contributed by atoms with E-state index in [1.165, 1.54) is 0 Å². The molecule has 1 aliphatic rings. The van der Waals surface area contributed by atoms with Crippen LogP contribution in [0.2, 0.25) is 0 Å². The maximum Gasteiger partial charge on any atom is 0.0824 e. The smallest absolute Gasteiger partial charge is 0.0824 e. The summed E-state index contributed by atoms with van der Waals surface area (Å²) in [5.41, 5.74) is 0. The number of hydrogen-bond acceptors (Lipinski definition) is 4. The Morgan fingerprint density at radius 2 is 1.00 bits per heavy atom. The third kappa shape index (κ3) is 3.23. The second-order valence-electron chi connectivity index (χ2n) is 3.79. The quantitative estimate of drug-likeness (QED) is 0.411. The van der Waals surface area contributed by atoms with Gasteiger partial charge in [0, 0.05) is 6.42 Å². The highest BCUT2D eigenvalue weighted by Crippen LogP contribution is 2.18. The van der Waals surface area contributed by atoms with E-state index in [9.17, 15) is 20.4 Å². The van der Waals surface area contributed by atoms with E-state index in [1.54, 1.807) is 0 Å². The van der Waals surface area contributed by atoms with Crippen molar-refractivity contribution in [2.45, 2.75) is 56.5 Å². The number of aliphatic hydroxyl groups is 4. The van der Waals surface area contributed by atoms with Crippen molar-refractivity contribution in [3.63, 3.8) is 0 Å². The van der Waals surface area contributed by atoms with Gasteiger partial charge in [0.05, 0.1) is 24.4 Å². The number of aliphatic hydroxyl groups excluding tert-OH is 4. The molecule has 4 atom stereocenters. The molecule has 4 nitrogen and oxygen atoms in total. The van der Waals surface area contributed by atoms with E-state index in [0.29, 0.717) is 12.8 Å². The summed E-state index contributed by atoms with van der Waals surface area (Å²) in [4.78, 5) is 0. The molecule has 0 amide bonds. The first kappa shape index (κ1) is 10.9. The molecule has 4 unspecified atom stereocenters. The van der Waals surface area contributed by atoms with Gasteiger partial charge in [-0.05, 0) is 12.8 Å². The van der Waals surface area contributed by atoms with Crippen molar-refractivity contribution in [1.82, 2.24) is 0 Å². The first-order valence-electron chi connectivity index (χ1n) is 4.83. The summed E-state index contributed by atoms with van der Waals surface area (Å²) in [6, 6.07) is 0. The largest absolute Gasteiger partial charge is 0.390 e. The summed E-state index contributed by atoms with van der Waals surface area (Å²) in [5, 5.41) is 37.5. The molecule has 0 aromatic heterocycles. The van der Waals surface area contributed by atoms with E-state index in [4.69, 9.17) is 0 Å². The molecule has 78 valence electrons. The van der Waals surface area contributed by atoms with Crippen LogP contribution >= 0.6 is 0 Å². The molecule has 1 aliphatic carbocycles. The summed E-state index contributed by atoms with van der Waals surface area (Å²) < 4.78 is 0. The Morgan fingerprint density at radius 1 is 0.615 bits per heavy atom. The summed E-state index contributed by atoms with van der Waals surface area (Å²) in [6.45, 7) is 0. The summed E-state index contributed by atoms with van der Waals surface area (Å²) >= 11 is 0. The van der Waals surface area contributed by atoms with Crippen LogP contribution in [-0.4, -0.2) is 44.8 Å². The highest BCUT2D eigenvalue weighted by Gasteiger charge is 2.25. The van der Waals surface area contributed by atoms with Crippen molar-refractivity contribution in [2.75, 3.05) is 0 Å². The molecule has 1 rings (SSSR count). The standard InChI is InChI=1S/C9H18O4/c10-6-3-1-2-4-7(11)9(13)5-8(6)12/h6-13H,1-5H2. The van der Waals surface area contributed by atoms with E-state index in [1.807, 2.05) is 0 Å². The summed E-state index contributed by atoms with van der Waals surface area (Å²) in [5.74, 6) is 0. The highest BCUT2D eigenvalue weighted by atomic mass is 16.3. The monoisotopic (exact) mass is 190 g/mol. The predicted octanol–water partition coefficient (Wildman–Crippen LogP) is -0.606. The molecule has 0 saturated heterocycles. The normalized spacial score (nSPS) is 43.4. The molecule has 0 aromatic carbocycles. The zero-order chi connectivity index (χ0) is 9.84. The summed E-state index contributed by atoms with van der Waals surface area (Å²) in [6.07, 6.45) is -0.654. The molecule has 0 aromatic rings. The van der Waals surface area contributed by atoms with Gasteiger partial charge in [-0.15, -0.1) is 0 Å². The molecule has 0 bridgehead atoms. The van der Waals surface area contributed by atoms with Crippen LogP contribution in [0.5, 0.6) is 0 Å². The Hall–Kier alpha value is -0.160. The lowest BCUT2D eigenvalue weighted by Gasteiger charge is -2.21. The molecule has 0 heterocycles. The fourth-order valence-electron chi connectivity index (χ4n) is 1.65. The molecule has 4 heteroatoms. The van der Waals surface area contributed by atoms with Crippen LogP contribution in [0.1, 0.15) is 32.1 Å². The van der Waals surface area contributed by atoms with Crippen LogP contribution in [-0.2, 0) is 0 Å². The van der Waals surface area contributed by atoms with Crippen LogP contribution in [0, 0.1) is 0 Å². The fraction of sp³-hybridized carbons (Fsp3) is 1.00. The average Bonchev–Trinajstić information content (AvgIpc) is 2.13. The molecule has 1 saturated carbocycles. The second kappa shape index (κ2) is 4.91. The van der Waals surface area contributed by atoms with Crippen molar-refractivity contribution in [2.24, 2.45) is 0 Å². The van der Waals surface area contributed by atoms with Crippen LogP contribution < -0.4 is 0 Å². The van der Waals surface area contributed by atoms with Gasteiger partial charge in [0.2, 0.25) is 0 Å². The molecule has 0 aliphatic heterocycles. The van der Waals surface area contributed by atoms with Crippen LogP contribution in [0.25, 0.3) is 0 Å². The van der Waals surface area contributed by atoms with E-state index in [0.717, 1.165) is 12.8 Å². The van der Waals surface area contributed by atoms with Crippen LogP contribution in [0.15, 0.2) is 0 Å². The van der Waals surface area contributed by atoms with Crippen molar-refractivity contribution < 1.29 is 20.4 Å². The minimum Gasteiger partial charge on any atom is -0.390 e. The SMILES string of the molecule is OC1CCCCC(O)C(O)CC1O. The van der Waals surface area contributed by atoms with Gasteiger partial charge < -0.3 is 20.4 Å². The molecule has 0 spiro atoms. The lowest BCUT2D eigenvalue weighted by Crippen LogP contribution is -2.34. The second-order valence-corrected chi connectivity index (χ2v) is 3.79. The molecule has 4 N–H and O–H groups in total. The first-order valence-corrected chi connectivity index (χ1v) is 4.83. The Labute approximate surface area is 77.8 Å². The van der Waals surface area contributed by atoms with Crippen molar-refractivity contribution in [3.8, 4) is 0 Å². The minimum atomic E-state index is -0.914. The molecule has 13 heavy (non-hydrogen) atoms. The molecule has 0 radical (unpaired) electrons. The maximum atomic E-state index is 9.37. The van der Waals surface area contributed by atoms with Crippen LogP contribution in [0.3, 0.4) is 0 Å². The fourth-order valence-corrected chi connectivity index (χ4v) is 1.65. The lowest BCUT2D eigenvalue weighted by atomic mass is 10.0. The Morgan fingerprint density at radius 3 is 1.38 bits per heavy atom. The van der Waals surface area contributed by atoms with E-state index < -0.39 is 24.4 Å². The van der Waals surface area contributed by atoms with Crippen LogP contribution in [0.4, 0.5) is 0 Å². The van der Waals surface area contributed by atoms with Crippen molar-refractivity contribution in [1.29, 1.82) is 0 Å². The first-order chi connectivity index (χ1) is 6.11. The molecule has 1 fully saturated rings. The molecular weight excluding hydrogens is 172 g/mol. The third-order valence-corrected chi connectivity index (χ3v) is 2.62. The Balaban J connectivity index is 2.51. The van der Waals surface area contributed by atoms with Gasteiger partial charge in [-0.25, -0.2) is 0 Å². The lowest BCUT2D eigenvalue weighted by molar-refractivity contribution is -0.0453. The Bertz CT molecular complexity index is 135. The maximum absolute atomic E-state index is 9.37. The summed E-state index contributed by atoms with van der Waals surface area (Å²) in [7, 11) is 0. The van der Waals surface area contributed by atoms with E-state index >= 15 is 0 Å². The van der Waals surface area contributed by atoms with Crippen molar-refractivity contribution >= 4 is 0 Å². The third-order valence-electron chi connectivity index (χ3n) is 2.62. The van der Waals surface area contributed by atoms with E-state index in [2.05, 4.69) is 0 Å². The topological polar surface area (TPSA) is 80.9 Å². The van der Waals surface area contributed by atoms with Gasteiger partial charge in [-0.3, -0.25) is 0 Å². The Kier molecular flexibility index (Phi) is 4.12. The van der Waals surface area contributed by atoms with Gasteiger partial charge in [0.15, 0.2) is 0 Å². The average molecular weight is 190 g/mol. The van der Waals surface area contributed by atoms with Gasteiger partial charge >= 0.3 is 0 Å². The predicted molar refractivity (Wildman–Crippen MR) is 47.1 cm³/mol. The molecular formula is C9H18O4. The van der Waals surface area contributed by atoms with Gasteiger partial charge in [-0.2, -0.15) is 0 Å². The zero-order valence-corrected chi connectivity index (χ0v) is 7.63. The van der Waals surface area contributed by atoms with Gasteiger partial charge in [-0.1, -0.05) is 12.8 Å². The minimum absolute atomic E-state index is 0.0579. The van der Waals surface area contributed by atoms with E-state index in [-0.39, 0.29) is 6.42 Å². The van der Waals surface area contributed by atoms with Crippen molar-refractivity contribution in [3.05, 3.63) is 0 Å². The number of hydrogen-bond donors (Lipinski definition) is 4. The zero-order valence-electron chi connectivity index (χ0n) is 7.63. The van der Waals surface area contributed by atoms with Gasteiger partial charge in [0.1, 0.15) is 0 Å². The number of rotatable bonds is 0. The van der Waals surface area contributed by atoms with Gasteiger partial charge in [0.25, 0.3) is 0 Å². The highest BCUT2D eigenvalue weighted by molar-refractivity contribution is 4.78.